The summed E-state index contributed by atoms with van der Waals surface area (Å²) >= 11 is 0. The molecule has 2 unspecified atom stereocenters. The summed E-state index contributed by atoms with van der Waals surface area (Å²) in [7, 11) is 0. The van der Waals surface area contributed by atoms with Crippen molar-refractivity contribution < 1.29 is 13.2 Å². The van der Waals surface area contributed by atoms with Crippen LogP contribution >= 0.6 is 0 Å². The van der Waals surface area contributed by atoms with Crippen LogP contribution in [0.1, 0.15) is 20.3 Å². The molecule has 0 bridgehead atoms. The Kier molecular flexibility index (Phi) is 3.78. The van der Waals surface area contributed by atoms with Crippen LogP contribution in [0.25, 0.3) is 0 Å². The molecule has 1 N–H and O–H groups in total. The quantitative estimate of drug-likeness (QED) is 0.745. The van der Waals surface area contributed by atoms with E-state index < -0.39 is 12.6 Å². The normalized spacial score (nSPS) is 30.6. The van der Waals surface area contributed by atoms with E-state index in [1.165, 1.54) is 0 Å². The lowest BCUT2D eigenvalue weighted by Gasteiger charge is -2.37. The minimum absolute atomic E-state index is 0.122. The van der Waals surface area contributed by atoms with Crippen molar-refractivity contribution in [1.29, 1.82) is 0 Å². The Bertz CT molecular complexity index is 181. The highest BCUT2D eigenvalue weighted by atomic mass is 19.4. The van der Waals surface area contributed by atoms with Crippen LogP contribution in [0.2, 0.25) is 0 Å². The largest absolute Gasteiger partial charge is 0.390 e. The molecule has 14 heavy (non-hydrogen) atoms. The summed E-state index contributed by atoms with van der Waals surface area (Å²) in [6.45, 7) is 5.55. The summed E-state index contributed by atoms with van der Waals surface area (Å²) in [5.41, 5.74) is 0. The van der Waals surface area contributed by atoms with Gasteiger partial charge in [-0.2, -0.15) is 13.2 Å². The van der Waals surface area contributed by atoms with E-state index in [0.717, 1.165) is 6.54 Å². The van der Waals surface area contributed by atoms with Gasteiger partial charge < -0.3 is 5.32 Å². The molecule has 1 rings (SSSR count). The molecule has 0 saturated carbocycles. The molecule has 1 aliphatic heterocycles. The lowest BCUT2D eigenvalue weighted by atomic mass is 10.1. The van der Waals surface area contributed by atoms with Gasteiger partial charge in [0.1, 0.15) is 0 Å². The van der Waals surface area contributed by atoms with E-state index in [1.807, 2.05) is 18.7 Å². The standard InChI is InChI=1S/C9H17F3N2/c1-7-6-14(8(2)5-13-7)4-3-9(10,11)12/h7-8,13H,3-6H2,1-2H3. The Morgan fingerprint density at radius 1 is 1.36 bits per heavy atom. The van der Waals surface area contributed by atoms with Crippen molar-refractivity contribution in [3.05, 3.63) is 0 Å². The van der Waals surface area contributed by atoms with Crippen LogP contribution in [0, 0.1) is 0 Å². The van der Waals surface area contributed by atoms with Gasteiger partial charge in [-0.15, -0.1) is 0 Å². The Labute approximate surface area is 82.5 Å². The number of hydrogen-bond donors (Lipinski definition) is 1. The second kappa shape index (κ2) is 4.49. The number of piperazine rings is 1. The molecular formula is C9H17F3N2. The Balaban J connectivity index is 2.35. The smallest absolute Gasteiger partial charge is 0.311 e. The van der Waals surface area contributed by atoms with Crippen molar-refractivity contribution in [1.82, 2.24) is 10.2 Å². The average Bonchev–Trinajstić information content (AvgIpc) is 2.05. The van der Waals surface area contributed by atoms with Crippen LogP contribution in [-0.4, -0.2) is 42.8 Å². The lowest BCUT2D eigenvalue weighted by Crippen LogP contribution is -2.54. The van der Waals surface area contributed by atoms with Gasteiger partial charge in [-0.25, -0.2) is 0 Å². The monoisotopic (exact) mass is 210 g/mol. The summed E-state index contributed by atoms with van der Waals surface area (Å²) in [6, 6.07) is 0.494. The topological polar surface area (TPSA) is 15.3 Å². The second-order valence-electron chi connectivity index (χ2n) is 4.02. The van der Waals surface area contributed by atoms with E-state index in [-0.39, 0.29) is 12.6 Å². The molecule has 0 radical (unpaired) electrons. The van der Waals surface area contributed by atoms with Crippen molar-refractivity contribution in [3.63, 3.8) is 0 Å². The summed E-state index contributed by atoms with van der Waals surface area (Å²) in [4.78, 5) is 1.90. The third-order valence-electron chi connectivity index (χ3n) is 2.58. The van der Waals surface area contributed by atoms with Gasteiger partial charge >= 0.3 is 6.18 Å². The van der Waals surface area contributed by atoms with Crippen LogP contribution in [-0.2, 0) is 0 Å². The molecule has 0 aromatic heterocycles. The molecule has 1 saturated heterocycles. The fourth-order valence-corrected chi connectivity index (χ4v) is 1.68. The molecule has 1 aliphatic rings. The van der Waals surface area contributed by atoms with E-state index in [9.17, 15) is 13.2 Å². The predicted molar refractivity (Wildman–Crippen MR) is 49.2 cm³/mol. The Morgan fingerprint density at radius 2 is 2.00 bits per heavy atom. The van der Waals surface area contributed by atoms with E-state index in [1.54, 1.807) is 0 Å². The fourth-order valence-electron chi connectivity index (χ4n) is 1.68. The molecule has 0 aromatic rings. The number of nitrogens with one attached hydrogen (secondary N) is 1. The SMILES string of the molecule is CC1CN(CCC(F)(F)F)C(C)CN1. The zero-order chi connectivity index (χ0) is 10.8. The lowest BCUT2D eigenvalue weighted by molar-refractivity contribution is -0.139. The van der Waals surface area contributed by atoms with Crippen LogP contribution < -0.4 is 5.32 Å². The molecule has 5 heteroatoms. The van der Waals surface area contributed by atoms with Crippen LogP contribution in [0.3, 0.4) is 0 Å². The van der Waals surface area contributed by atoms with Crippen molar-refractivity contribution in [2.45, 2.75) is 38.5 Å². The third kappa shape index (κ3) is 3.84. The van der Waals surface area contributed by atoms with Gasteiger partial charge in [0, 0.05) is 31.7 Å². The average molecular weight is 210 g/mol. The maximum Gasteiger partial charge on any atom is 0.390 e. The van der Waals surface area contributed by atoms with Gasteiger partial charge in [-0.05, 0) is 13.8 Å². The molecular weight excluding hydrogens is 193 g/mol. The molecule has 0 aliphatic carbocycles. The highest BCUT2D eigenvalue weighted by molar-refractivity contribution is 4.81. The predicted octanol–water partition coefficient (Wildman–Crippen LogP) is 1.62. The van der Waals surface area contributed by atoms with Crippen LogP contribution in [0.5, 0.6) is 0 Å². The second-order valence-corrected chi connectivity index (χ2v) is 4.02. The first kappa shape index (κ1) is 11.8. The summed E-state index contributed by atoms with van der Waals surface area (Å²) in [5, 5.41) is 3.24. The first-order valence-electron chi connectivity index (χ1n) is 4.92. The summed E-state index contributed by atoms with van der Waals surface area (Å²) in [6.07, 6.45) is -4.74. The van der Waals surface area contributed by atoms with Crippen LogP contribution in [0.4, 0.5) is 13.2 Å². The number of rotatable bonds is 2. The zero-order valence-electron chi connectivity index (χ0n) is 8.56. The molecule has 1 heterocycles. The number of hydrogen-bond acceptors (Lipinski definition) is 2. The maximum absolute atomic E-state index is 12.0. The fraction of sp³-hybridized carbons (Fsp3) is 1.00. The van der Waals surface area contributed by atoms with E-state index in [2.05, 4.69) is 5.32 Å². The molecule has 1 fully saturated rings. The van der Waals surface area contributed by atoms with Gasteiger partial charge in [0.25, 0.3) is 0 Å². The van der Waals surface area contributed by atoms with Crippen molar-refractivity contribution in [2.75, 3.05) is 19.6 Å². The zero-order valence-corrected chi connectivity index (χ0v) is 8.56. The number of halogens is 3. The number of nitrogens with zero attached hydrogens (tertiary/aromatic N) is 1. The number of alkyl halides is 3. The van der Waals surface area contributed by atoms with E-state index in [4.69, 9.17) is 0 Å². The van der Waals surface area contributed by atoms with E-state index >= 15 is 0 Å². The molecule has 0 aromatic carbocycles. The van der Waals surface area contributed by atoms with Gasteiger partial charge in [0.15, 0.2) is 0 Å². The van der Waals surface area contributed by atoms with Crippen molar-refractivity contribution in [3.8, 4) is 0 Å². The minimum Gasteiger partial charge on any atom is -0.311 e. The van der Waals surface area contributed by atoms with Gasteiger partial charge in [-0.1, -0.05) is 0 Å². The first-order valence-corrected chi connectivity index (χ1v) is 4.92. The Morgan fingerprint density at radius 3 is 2.57 bits per heavy atom. The summed E-state index contributed by atoms with van der Waals surface area (Å²) in [5.74, 6) is 0. The summed E-state index contributed by atoms with van der Waals surface area (Å²) < 4.78 is 36.0. The van der Waals surface area contributed by atoms with Gasteiger partial charge in [0.2, 0.25) is 0 Å². The van der Waals surface area contributed by atoms with Crippen LogP contribution in [0.15, 0.2) is 0 Å². The molecule has 0 amide bonds. The van der Waals surface area contributed by atoms with Crippen molar-refractivity contribution >= 4 is 0 Å². The Hall–Kier alpha value is -0.290. The highest BCUT2D eigenvalue weighted by Gasteiger charge is 2.30. The maximum atomic E-state index is 12.0. The molecule has 2 nitrogen and oxygen atoms in total. The molecule has 0 spiro atoms. The van der Waals surface area contributed by atoms with E-state index in [0.29, 0.717) is 12.6 Å². The third-order valence-corrected chi connectivity index (χ3v) is 2.58. The van der Waals surface area contributed by atoms with Gasteiger partial charge in [-0.3, -0.25) is 4.90 Å². The van der Waals surface area contributed by atoms with Crippen molar-refractivity contribution in [2.24, 2.45) is 0 Å². The first-order chi connectivity index (χ1) is 6.38. The molecule has 2 atom stereocenters. The highest BCUT2D eigenvalue weighted by Crippen LogP contribution is 2.21. The minimum atomic E-state index is -4.03. The molecule has 84 valence electrons. The van der Waals surface area contributed by atoms with Gasteiger partial charge in [0.05, 0.1) is 6.42 Å².